The molecule has 1 saturated heterocycles. The molecule has 1 amide bonds. The summed E-state index contributed by atoms with van der Waals surface area (Å²) in [5, 5.41) is 4.24. The van der Waals surface area contributed by atoms with E-state index in [9.17, 15) is 4.79 Å². The van der Waals surface area contributed by atoms with Gasteiger partial charge in [-0.1, -0.05) is 42.0 Å². The van der Waals surface area contributed by atoms with Crippen molar-refractivity contribution in [2.24, 2.45) is 0 Å². The second-order valence-electron chi connectivity index (χ2n) is 7.46. The van der Waals surface area contributed by atoms with Crippen molar-refractivity contribution in [3.05, 3.63) is 89.2 Å². The maximum Gasteiger partial charge on any atom is 0.253 e. The summed E-state index contributed by atoms with van der Waals surface area (Å²) in [6.45, 7) is 7.11. The minimum atomic E-state index is 0.123. The molecule has 3 aromatic rings. The minimum absolute atomic E-state index is 0.123. The monoisotopic (exact) mass is 374 g/mol. The van der Waals surface area contributed by atoms with Gasteiger partial charge in [0.15, 0.2) is 0 Å². The molecule has 0 aliphatic carbocycles. The highest BCUT2D eigenvalue weighted by atomic mass is 16.2. The number of carbonyl (C=O) groups excluding carboxylic acids is 1. The van der Waals surface area contributed by atoms with Gasteiger partial charge in [-0.15, -0.1) is 0 Å². The van der Waals surface area contributed by atoms with Crippen molar-refractivity contribution in [1.29, 1.82) is 0 Å². The maximum atomic E-state index is 12.9. The predicted molar refractivity (Wildman–Crippen MR) is 110 cm³/mol. The third-order valence-electron chi connectivity index (χ3n) is 5.23. The number of hydrogen-bond donors (Lipinski definition) is 0. The maximum absolute atomic E-state index is 12.9. The molecule has 1 aromatic heterocycles. The van der Waals surface area contributed by atoms with Crippen molar-refractivity contribution in [3.63, 3.8) is 0 Å². The van der Waals surface area contributed by atoms with Crippen LogP contribution in [0.15, 0.2) is 67.0 Å². The standard InChI is InChI=1S/C23H26N4O/c1-19-5-2-6-20(15-19)17-25-11-13-26(14-12-25)23(28)22-8-3-7-21(16-22)18-27-10-4-9-24-27/h2-10,15-16H,11-14,17-18H2,1H3. The molecule has 0 saturated carbocycles. The molecule has 1 fully saturated rings. The quantitative estimate of drug-likeness (QED) is 0.689. The Hall–Kier alpha value is -2.92. The Bertz CT molecular complexity index is 927. The van der Waals surface area contributed by atoms with Gasteiger partial charge in [0.2, 0.25) is 0 Å². The fraction of sp³-hybridized carbons (Fsp3) is 0.304. The van der Waals surface area contributed by atoms with Crippen molar-refractivity contribution in [3.8, 4) is 0 Å². The summed E-state index contributed by atoms with van der Waals surface area (Å²) >= 11 is 0. The van der Waals surface area contributed by atoms with Crippen LogP contribution in [-0.2, 0) is 13.1 Å². The van der Waals surface area contributed by atoms with E-state index in [1.54, 1.807) is 6.20 Å². The number of benzene rings is 2. The van der Waals surface area contributed by atoms with Crippen molar-refractivity contribution in [2.75, 3.05) is 26.2 Å². The first-order chi connectivity index (χ1) is 13.7. The lowest BCUT2D eigenvalue weighted by Gasteiger charge is -2.35. The number of rotatable bonds is 5. The number of amides is 1. The molecule has 0 bridgehead atoms. The van der Waals surface area contributed by atoms with Crippen LogP contribution in [0.3, 0.4) is 0 Å². The Morgan fingerprint density at radius 3 is 2.39 bits per heavy atom. The number of piperazine rings is 1. The van der Waals surface area contributed by atoms with Gasteiger partial charge in [-0.05, 0) is 36.2 Å². The normalized spacial score (nSPS) is 15.0. The van der Waals surface area contributed by atoms with Crippen molar-refractivity contribution < 1.29 is 4.79 Å². The molecule has 0 atom stereocenters. The number of hydrogen-bond acceptors (Lipinski definition) is 3. The van der Waals surface area contributed by atoms with Gasteiger partial charge >= 0.3 is 0 Å². The Labute approximate surface area is 166 Å². The fourth-order valence-corrected chi connectivity index (χ4v) is 3.74. The molecule has 5 nitrogen and oxygen atoms in total. The van der Waals surface area contributed by atoms with Crippen molar-refractivity contribution in [2.45, 2.75) is 20.0 Å². The number of aromatic nitrogens is 2. The summed E-state index contributed by atoms with van der Waals surface area (Å²) in [6, 6.07) is 18.5. The van der Waals surface area contributed by atoms with Crippen LogP contribution in [0.2, 0.25) is 0 Å². The summed E-state index contributed by atoms with van der Waals surface area (Å²) < 4.78 is 1.87. The Balaban J connectivity index is 1.35. The summed E-state index contributed by atoms with van der Waals surface area (Å²) in [5.41, 5.74) is 4.48. The Morgan fingerprint density at radius 2 is 1.68 bits per heavy atom. The van der Waals surface area contributed by atoms with Gasteiger partial charge in [-0.25, -0.2) is 0 Å². The van der Waals surface area contributed by atoms with Gasteiger partial charge in [0.25, 0.3) is 5.91 Å². The van der Waals surface area contributed by atoms with E-state index in [2.05, 4.69) is 41.2 Å². The highest BCUT2D eigenvalue weighted by Gasteiger charge is 2.22. The number of carbonyl (C=O) groups is 1. The first kappa shape index (κ1) is 18.4. The fourth-order valence-electron chi connectivity index (χ4n) is 3.74. The first-order valence-electron chi connectivity index (χ1n) is 9.81. The number of aryl methyl sites for hydroxylation is 1. The zero-order valence-corrected chi connectivity index (χ0v) is 16.3. The smallest absolute Gasteiger partial charge is 0.253 e. The zero-order valence-electron chi connectivity index (χ0n) is 16.3. The zero-order chi connectivity index (χ0) is 19.3. The molecule has 2 aromatic carbocycles. The lowest BCUT2D eigenvalue weighted by Crippen LogP contribution is -2.48. The highest BCUT2D eigenvalue weighted by molar-refractivity contribution is 5.94. The average molecular weight is 374 g/mol. The van der Waals surface area contributed by atoms with Gasteiger partial charge in [-0.2, -0.15) is 5.10 Å². The molecule has 2 heterocycles. The summed E-state index contributed by atoms with van der Waals surface area (Å²) in [7, 11) is 0. The molecule has 5 heteroatoms. The van der Waals surface area contributed by atoms with E-state index in [0.29, 0.717) is 6.54 Å². The third-order valence-corrected chi connectivity index (χ3v) is 5.23. The van der Waals surface area contributed by atoms with E-state index in [-0.39, 0.29) is 5.91 Å². The Kier molecular flexibility index (Phi) is 5.53. The van der Waals surface area contributed by atoms with Crippen LogP contribution < -0.4 is 0 Å². The van der Waals surface area contributed by atoms with Crippen LogP contribution in [0.1, 0.15) is 27.0 Å². The van der Waals surface area contributed by atoms with E-state index >= 15 is 0 Å². The van der Waals surface area contributed by atoms with E-state index in [0.717, 1.165) is 43.9 Å². The molecule has 144 valence electrons. The molecule has 4 rings (SSSR count). The van der Waals surface area contributed by atoms with Crippen LogP contribution in [0.4, 0.5) is 0 Å². The lowest BCUT2D eigenvalue weighted by atomic mass is 10.1. The average Bonchev–Trinajstić information content (AvgIpc) is 3.21. The first-order valence-corrected chi connectivity index (χ1v) is 9.81. The van der Waals surface area contributed by atoms with E-state index in [1.807, 2.05) is 46.1 Å². The predicted octanol–water partition coefficient (Wildman–Crippen LogP) is 3.20. The largest absolute Gasteiger partial charge is 0.336 e. The lowest BCUT2D eigenvalue weighted by molar-refractivity contribution is 0.0628. The van der Waals surface area contributed by atoms with Gasteiger partial charge < -0.3 is 4.90 Å². The number of nitrogens with zero attached hydrogens (tertiary/aromatic N) is 4. The Morgan fingerprint density at radius 1 is 0.929 bits per heavy atom. The van der Waals surface area contributed by atoms with Crippen molar-refractivity contribution >= 4 is 5.91 Å². The molecule has 0 N–H and O–H groups in total. The van der Waals surface area contributed by atoms with Gasteiger partial charge in [0.05, 0.1) is 6.54 Å². The van der Waals surface area contributed by atoms with Crippen molar-refractivity contribution in [1.82, 2.24) is 19.6 Å². The molecule has 28 heavy (non-hydrogen) atoms. The molecule has 0 unspecified atom stereocenters. The molecule has 0 spiro atoms. The van der Waals surface area contributed by atoms with E-state index < -0.39 is 0 Å². The van der Waals surface area contributed by atoms with Gasteiger partial charge in [-0.3, -0.25) is 14.4 Å². The van der Waals surface area contributed by atoms with E-state index in [4.69, 9.17) is 0 Å². The second-order valence-corrected chi connectivity index (χ2v) is 7.46. The van der Waals surface area contributed by atoms with Crippen LogP contribution >= 0.6 is 0 Å². The molecular weight excluding hydrogens is 348 g/mol. The topological polar surface area (TPSA) is 41.4 Å². The summed E-state index contributed by atoms with van der Waals surface area (Å²) in [4.78, 5) is 17.3. The second kappa shape index (κ2) is 8.40. The van der Waals surface area contributed by atoms with Gasteiger partial charge in [0, 0.05) is 50.7 Å². The SMILES string of the molecule is Cc1cccc(CN2CCN(C(=O)c3cccc(Cn4cccn4)c3)CC2)c1. The molecule has 1 aliphatic rings. The molecule has 0 radical (unpaired) electrons. The molecule has 1 aliphatic heterocycles. The van der Waals surface area contributed by atoms with Crippen LogP contribution in [0, 0.1) is 6.92 Å². The summed E-state index contributed by atoms with van der Waals surface area (Å²) in [6.07, 6.45) is 3.70. The van der Waals surface area contributed by atoms with Crippen LogP contribution in [0.5, 0.6) is 0 Å². The summed E-state index contributed by atoms with van der Waals surface area (Å²) in [5.74, 6) is 0.123. The van der Waals surface area contributed by atoms with E-state index in [1.165, 1.54) is 11.1 Å². The van der Waals surface area contributed by atoms with Crippen LogP contribution in [-0.4, -0.2) is 51.7 Å². The third kappa shape index (κ3) is 4.49. The highest BCUT2D eigenvalue weighted by Crippen LogP contribution is 2.14. The molecular formula is C23H26N4O. The van der Waals surface area contributed by atoms with Crippen LogP contribution in [0.25, 0.3) is 0 Å². The minimum Gasteiger partial charge on any atom is -0.336 e. The van der Waals surface area contributed by atoms with Gasteiger partial charge in [0.1, 0.15) is 0 Å².